The lowest BCUT2D eigenvalue weighted by molar-refractivity contribution is -0.384. The summed E-state index contributed by atoms with van der Waals surface area (Å²) in [7, 11) is 1.49. The maximum Gasteiger partial charge on any atom is 0.340 e. The van der Waals surface area contributed by atoms with Crippen LogP contribution in [-0.2, 0) is 11.3 Å². The van der Waals surface area contributed by atoms with Gasteiger partial charge in [-0.2, -0.15) is 0 Å². The lowest BCUT2D eigenvalue weighted by Crippen LogP contribution is -2.21. The van der Waals surface area contributed by atoms with Crippen LogP contribution in [-0.4, -0.2) is 36.9 Å². The minimum atomic E-state index is -0.661. The van der Waals surface area contributed by atoms with E-state index < -0.39 is 10.9 Å². The van der Waals surface area contributed by atoms with Gasteiger partial charge in [0.05, 0.1) is 23.3 Å². The second kappa shape index (κ2) is 8.72. The first-order valence-electron chi connectivity index (χ1n) is 9.29. The van der Waals surface area contributed by atoms with Crippen molar-refractivity contribution in [3.63, 3.8) is 0 Å². The monoisotopic (exact) mass is 398 g/mol. The first kappa shape index (κ1) is 20.3. The number of ketones is 1. The summed E-state index contributed by atoms with van der Waals surface area (Å²) < 4.78 is 10.7. The average molecular weight is 398 g/mol. The van der Waals surface area contributed by atoms with E-state index in [1.54, 1.807) is 24.3 Å². The molecule has 1 fully saturated rings. The van der Waals surface area contributed by atoms with Crippen LogP contribution in [0.1, 0.15) is 46.0 Å². The molecule has 3 rings (SSSR count). The van der Waals surface area contributed by atoms with Crippen molar-refractivity contribution in [2.24, 2.45) is 0 Å². The van der Waals surface area contributed by atoms with Crippen molar-refractivity contribution in [2.75, 3.05) is 25.1 Å². The molecule has 2 aromatic carbocycles. The molecule has 1 heterocycles. The molecule has 29 heavy (non-hydrogen) atoms. The Balaban J connectivity index is 1.87. The molecular weight excluding hydrogens is 376 g/mol. The number of esters is 1. The molecule has 0 bridgehead atoms. The number of carbonyl (C=O) groups is 2. The third kappa shape index (κ3) is 4.53. The van der Waals surface area contributed by atoms with Crippen LogP contribution in [0.2, 0.25) is 0 Å². The number of ether oxygens (including phenoxy) is 2. The van der Waals surface area contributed by atoms with Crippen LogP contribution in [0.4, 0.5) is 11.4 Å². The molecule has 0 aliphatic carbocycles. The number of Topliss-reactive ketones (excluding diaryl/α,β-unsaturated/α-hetero) is 1. The van der Waals surface area contributed by atoms with Crippen LogP contribution in [0, 0.1) is 10.1 Å². The molecule has 1 aliphatic heterocycles. The Kier molecular flexibility index (Phi) is 6.11. The number of nitro benzene ring substituents is 1. The molecule has 1 saturated heterocycles. The highest BCUT2D eigenvalue weighted by molar-refractivity contribution is 5.97. The number of nitrogens with zero attached hydrogens (tertiary/aromatic N) is 2. The van der Waals surface area contributed by atoms with Gasteiger partial charge in [0.1, 0.15) is 12.4 Å². The Morgan fingerprint density at radius 2 is 1.86 bits per heavy atom. The van der Waals surface area contributed by atoms with Crippen molar-refractivity contribution in [1.82, 2.24) is 0 Å². The van der Waals surface area contributed by atoms with Crippen molar-refractivity contribution in [2.45, 2.75) is 26.4 Å². The summed E-state index contributed by atoms with van der Waals surface area (Å²) in [6.07, 6.45) is 2.00. The van der Waals surface area contributed by atoms with Crippen LogP contribution in [0.5, 0.6) is 5.75 Å². The van der Waals surface area contributed by atoms with Crippen LogP contribution in [0.25, 0.3) is 0 Å². The largest absolute Gasteiger partial charge is 0.496 e. The lowest BCUT2D eigenvalue weighted by atomic mass is 10.1. The molecular formula is C21H22N2O6. The summed E-state index contributed by atoms with van der Waals surface area (Å²) >= 11 is 0. The Labute approximate surface area is 168 Å². The second-order valence-corrected chi connectivity index (χ2v) is 6.81. The molecule has 0 saturated carbocycles. The number of carbonyl (C=O) groups excluding carboxylic acids is 2. The molecule has 0 atom stereocenters. The Morgan fingerprint density at radius 1 is 1.14 bits per heavy atom. The van der Waals surface area contributed by atoms with Crippen molar-refractivity contribution < 1.29 is 24.0 Å². The molecule has 0 N–H and O–H groups in total. The van der Waals surface area contributed by atoms with Gasteiger partial charge in [-0.3, -0.25) is 14.9 Å². The van der Waals surface area contributed by atoms with E-state index in [-0.39, 0.29) is 23.6 Å². The molecule has 8 heteroatoms. The Hall–Kier alpha value is -3.42. The summed E-state index contributed by atoms with van der Waals surface area (Å²) in [5.74, 6) is -0.289. The first-order valence-corrected chi connectivity index (χ1v) is 9.29. The van der Waals surface area contributed by atoms with Gasteiger partial charge in [-0.15, -0.1) is 0 Å². The maximum atomic E-state index is 12.8. The predicted octanol–water partition coefficient (Wildman–Crippen LogP) is 3.76. The third-order valence-electron chi connectivity index (χ3n) is 4.90. The topological polar surface area (TPSA) is 99.0 Å². The van der Waals surface area contributed by atoms with Gasteiger partial charge in [-0.1, -0.05) is 0 Å². The highest BCUT2D eigenvalue weighted by atomic mass is 16.6. The molecule has 0 radical (unpaired) electrons. The summed E-state index contributed by atoms with van der Waals surface area (Å²) in [5, 5.41) is 11.2. The Morgan fingerprint density at radius 3 is 2.48 bits per heavy atom. The summed E-state index contributed by atoms with van der Waals surface area (Å²) in [6, 6.07) is 9.13. The van der Waals surface area contributed by atoms with Crippen LogP contribution in [0.15, 0.2) is 36.4 Å². The van der Waals surface area contributed by atoms with E-state index >= 15 is 0 Å². The second-order valence-electron chi connectivity index (χ2n) is 6.81. The fraction of sp³-hybridized carbons (Fsp3) is 0.333. The fourth-order valence-corrected chi connectivity index (χ4v) is 3.37. The standard InChI is InChI=1S/C21H22N2O6/c1-14(24)15-5-8-20(28-2)16(11-15)13-29-21(25)18-12-17(23(26)27)6-7-19(18)22-9-3-4-10-22/h5-8,11-12H,3-4,9-10,13H2,1-2H3. The maximum absolute atomic E-state index is 12.8. The van der Waals surface area contributed by atoms with Crippen molar-refractivity contribution in [3.05, 3.63) is 63.2 Å². The molecule has 152 valence electrons. The number of methoxy groups -OCH3 is 1. The average Bonchev–Trinajstić information content (AvgIpc) is 3.25. The normalized spacial score (nSPS) is 13.2. The van der Waals surface area contributed by atoms with E-state index in [4.69, 9.17) is 9.47 Å². The number of hydrogen-bond donors (Lipinski definition) is 0. The summed E-state index contributed by atoms with van der Waals surface area (Å²) in [6.45, 7) is 2.90. The third-order valence-corrected chi connectivity index (χ3v) is 4.90. The van der Waals surface area contributed by atoms with E-state index in [0.717, 1.165) is 25.9 Å². The summed E-state index contributed by atoms with van der Waals surface area (Å²) in [4.78, 5) is 37.1. The number of hydrogen-bond acceptors (Lipinski definition) is 7. The van der Waals surface area contributed by atoms with Gasteiger partial charge in [0.25, 0.3) is 5.69 Å². The highest BCUT2D eigenvalue weighted by Gasteiger charge is 2.24. The number of anilines is 1. The van der Waals surface area contributed by atoms with Crippen molar-refractivity contribution in [3.8, 4) is 5.75 Å². The molecule has 8 nitrogen and oxygen atoms in total. The molecule has 2 aromatic rings. The predicted molar refractivity (Wildman–Crippen MR) is 107 cm³/mol. The van der Waals surface area contributed by atoms with Crippen LogP contribution in [0.3, 0.4) is 0 Å². The molecule has 0 aromatic heterocycles. The first-order chi connectivity index (χ1) is 13.9. The zero-order valence-corrected chi connectivity index (χ0v) is 16.3. The van der Waals surface area contributed by atoms with Gasteiger partial charge < -0.3 is 14.4 Å². The molecule has 0 spiro atoms. The summed E-state index contributed by atoms with van der Waals surface area (Å²) in [5.41, 5.74) is 1.63. The van der Waals surface area contributed by atoms with Gasteiger partial charge in [-0.25, -0.2) is 4.79 Å². The molecule has 0 unspecified atom stereocenters. The highest BCUT2D eigenvalue weighted by Crippen LogP contribution is 2.30. The van der Waals surface area contributed by atoms with E-state index in [1.165, 1.54) is 26.2 Å². The number of rotatable bonds is 7. The molecule has 1 aliphatic rings. The molecule has 0 amide bonds. The zero-order chi connectivity index (χ0) is 21.0. The van der Waals surface area contributed by atoms with Crippen LogP contribution < -0.4 is 9.64 Å². The number of nitro groups is 1. The zero-order valence-electron chi connectivity index (χ0n) is 16.3. The van der Waals surface area contributed by atoms with E-state index in [2.05, 4.69) is 0 Å². The lowest BCUT2D eigenvalue weighted by Gasteiger charge is -2.20. The van der Waals surface area contributed by atoms with E-state index in [9.17, 15) is 19.7 Å². The SMILES string of the molecule is COc1ccc(C(C)=O)cc1COC(=O)c1cc([N+](=O)[O-])ccc1N1CCCC1. The fourth-order valence-electron chi connectivity index (χ4n) is 3.37. The smallest absolute Gasteiger partial charge is 0.340 e. The number of non-ortho nitro benzene ring substituents is 1. The van der Waals surface area contributed by atoms with E-state index in [1.807, 2.05) is 4.90 Å². The van der Waals surface area contributed by atoms with Gasteiger partial charge in [0, 0.05) is 36.3 Å². The van der Waals surface area contributed by atoms with Gasteiger partial charge in [0.2, 0.25) is 0 Å². The quantitative estimate of drug-likeness (QED) is 0.303. The van der Waals surface area contributed by atoms with Crippen molar-refractivity contribution >= 4 is 23.1 Å². The minimum absolute atomic E-state index is 0.116. The Bertz CT molecular complexity index is 950. The van der Waals surface area contributed by atoms with Gasteiger partial charge in [0.15, 0.2) is 5.78 Å². The number of benzene rings is 2. The minimum Gasteiger partial charge on any atom is -0.496 e. The van der Waals surface area contributed by atoms with Crippen molar-refractivity contribution in [1.29, 1.82) is 0 Å². The van der Waals surface area contributed by atoms with Crippen LogP contribution >= 0.6 is 0 Å². The van der Waals surface area contributed by atoms with Gasteiger partial charge in [-0.05, 0) is 44.0 Å². The van der Waals surface area contributed by atoms with E-state index in [0.29, 0.717) is 22.6 Å². The van der Waals surface area contributed by atoms with Gasteiger partial charge >= 0.3 is 5.97 Å².